The van der Waals surface area contributed by atoms with Crippen molar-refractivity contribution in [2.75, 3.05) is 33.1 Å². The van der Waals surface area contributed by atoms with Crippen LogP contribution in [0.1, 0.15) is 31.6 Å². The van der Waals surface area contributed by atoms with Gasteiger partial charge in [-0.3, -0.25) is 4.79 Å². The lowest BCUT2D eigenvalue weighted by Crippen LogP contribution is -2.32. The van der Waals surface area contributed by atoms with E-state index >= 15 is 0 Å². The highest BCUT2D eigenvalue weighted by Gasteiger charge is 2.35. The fourth-order valence-corrected chi connectivity index (χ4v) is 4.37. The second-order valence-corrected chi connectivity index (χ2v) is 9.26. The van der Waals surface area contributed by atoms with Gasteiger partial charge < -0.3 is 19.4 Å². The van der Waals surface area contributed by atoms with Crippen molar-refractivity contribution in [2.24, 2.45) is 5.92 Å². The first-order chi connectivity index (χ1) is 13.8. The van der Waals surface area contributed by atoms with E-state index < -0.39 is 10.0 Å². The number of aryl methyl sites for hydroxylation is 1. The van der Waals surface area contributed by atoms with Gasteiger partial charge >= 0.3 is 0 Å². The van der Waals surface area contributed by atoms with E-state index in [0.29, 0.717) is 13.2 Å². The summed E-state index contributed by atoms with van der Waals surface area (Å²) in [5.74, 6) is 1.67. The van der Waals surface area contributed by atoms with Crippen molar-refractivity contribution in [2.45, 2.75) is 32.2 Å². The quantitative estimate of drug-likeness (QED) is 0.609. The molecule has 29 heavy (non-hydrogen) atoms. The van der Waals surface area contributed by atoms with Gasteiger partial charge in [-0.2, -0.15) is 0 Å². The van der Waals surface area contributed by atoms with E-state index in [1.807, 2.05) is 10.8 Å². The summed E-state index contributed by atoms with van der Waals surface area (Å²) < 4.78 is 33.5. The van der Waals surface area contributed by atoms with Crippen LogP contribution in [0.2, 0.25) is 0 Å². The number of hydrogen-bond donors (Lipinski definition) is 2. The minimum absolute atomic E-state index is 0.0625. The Hall–Kier alpha value is -2.24. The predicted molar refractivity (Wildman–Crippen MR) is 108 cm³/mol. The number of H-pyrrole nitrogens is 1. The molecule has 162 valence electrons. The molecular formula is C18H29N5O5S. The molecule has 1 saturated heterocycles. The minimum Gasteiger partial charge on any atom is -0.483 e. The van der Waals surface area contributed by atoms with Crippen molar-refractivity contribution in [1.29, 1.82) is 0 Å². The van der Waals surface area contributed by atoms with E-state index in [1.165, 1.54) is 4.31 Å². The number of carboxylic acid groups (broad SMARTS) is 1. The molecule has 2 N–H and O–H groups in total. The Morgan fingerprint density at radius 2 is 2.10 bits per heavy atom. The number of ether oxygens (including phenoxy) is 1. The van der Waals surface area contributed by atoms with Crippen molar-refractivity contribution < 1.29 is 23.1 Å². The number of rotatable bonds is 8. The molecule has 11 heteroatoms. The first-order valence-electron chi connectivity index (χ1n) is 9.46. The number of nitrogens with one attached hydrogen (secondary N) is 1. The van der Waals surface area contributed by atoms with Gasteiger partial charge in [0.2, 0.25) is 10.0 Å². The molecule has 0 aromatic carbocycles. The molecule has 10 nitrogen and oxygen atoms in total. The lowest BCUT2D eigenvalue weighted by atomic mass is 10.1. The standard InChI is InChI=1S/C17H27N5O3S.CH2O2/c1-4-5-6-16-19-9-14(20-16)17-18-7-8-22(17)15-11-25-10-13(15)12-26(23,24)21(2)3;2-1-3/h7-9,13,15H,4-6,10-12H2,1-3H3,(H,19,20);1H,(H,2,3)/t13-,15-;/m1./s1. The number of hydrogen-bond acceptors (Lipinski definition) is 6. The van der Waals surface area contributed by atoms with Gasteiger partial charge in [-0.25, -0.2) is 22.7 Å². The van der Waals surface area contributed by atoms with Crippen LogP contribution in [0.3, 0.4) is 0 Å². The number of aromatic amines is 1. The zero-order chi connectivity index (χ0) is 21.4. The number of nitrogens with zero attached hydrogens (tertiary/aromatic N) is 4. The minimum atomic E-state index is -3.29. The molecule has 0 spiro atoms. The molecular weight excluding hydrogens is 398 g/mol. The van der Waals surface area contributed by atoms with Gasteiger partial charge in [0, 0.05) is 38.8 Å². The summed E-state index contributed by atoms with van der Waals surface area (Å²) in [6, 6.07) is -0.0652. The third kappa shape index (κ3) is 5.87. The third-order valence-electron chi connectivity index (χ3n) is 4.81. The maximum atomic E-state index is 12.3. The second kappa shape index (κ2) is 10.5. The molecule has 2 aromatic heterocycles. The van der Waals surface area contributed by atoms with Crippen LogP contribution in [0.5, 0.6) is 0 Å². The summed E-state index contributed by atoms with van der Waals surface area (Å²) in [6.45, 7) is 2.81. The molecule has 2 aromatic rings. The highest BCUT2D eigenvalue weighted by Crippen LogP contribution is 2.31. The van der Waals surface area contributed by atoms with Gasteiger partial charge in [-0.05, 0) is 6.42 Å². The molecule has 1 fully saturated rings. The van der Waals surface area contributed by atoms with E-state index in [-0.39, 0.29) is 24.2 Å². The van der Waals surface area contributed by atoms with Gasteiger partial charge in [0.05, 0.1) is 31.2 Å². The number of carbonyl (C=O) groups is 1. The van der Waals surface area contributed by atoms with E-state index in [0.717, 1.165) is 36.6 Å². The average molecular weight is 428 g/mol. The van der Waals surface area contributed by atoms with Crippen molar-refractivity contribution in [3.63, 3.8) is 0 Å². The van der Waals surface area contributed by atoms with Crippen LogP contribution in [0.15, 0.2) is 18.6 Å². The molecule has 3 heterocycles. The summed E-state index contributed by atoms with van der Waals surface area (Å²) in [6.07, 6.45) is 8.53. The lowest BCUT2D eigenvalue weighted by Gasteiger charge is -2.22. The Morgan fingerprint density at radius 3 is 2.76 bits per heavy atom. The van der Waals surface area contributed by atoms with Crippen LogP contribution in [-0.4, -0.2) is 76.9 Å². The van der Waals surface area contributed by atoms with E-state index in [9.17, 15) is 8.42 Å². The van der Waals surface area contributed by atoms with Crippen LogP contribution in [-0.2, 0) is 26.0 Å². The summed E-state index contributed by atoms with van der Waals surface area (Å²) in [4.78, 5) is 20.6. The molecule has 2 atom stereocenters. The van der Waals surface area contributed by atoms with E-state index in [1.54, 1.807) is 26.5 Å². The molecule has 0 radical (unpaired) electrons. The molecule has 1 aliphatic heterocycles. The second-order valence-electron chi connectivity index (χ2n) is 7.04. The van der Waals surface area contributed by atoms with Crippen LogP contribution < -0.4 is 0 Å². The normalized spacial score (nSPS) is 19.2. The van der Waals surface area contributed by atoms with Crippen LogP contribution in [0, 0.1) is 5.92 Å². The Labute approximate surface area is 171 Å². The number of sulfonamides is 1. The first-order valence-corrected chi connectivity index (χ1v) is 11.1. The highest BCUT2D eigenvalue weighted by atomic mass is 32.2. The Balaban J connectivity index is 0.000000941. The molecule has 0 saturated carbocycles. The van der Waals surface area contributed by atoms with Gasteiger partial charge in [-0.15, -0.1) is 0 Å². The highest BCUT2D eigenvalue weighted by molar-refractivity contribution is 7.89. The maximum absolute atomic E-state index is 12.3. The predicted octanol–water partition coefficient (Wildman–Crippen LogP) is 1.40. The van der Waals surface area contributed by atoms with Crippen molar-refractivity contribution in [3.05, 3.63) is 24.4 Å². The third-order valence-corrected chi connectivity index (χ3v) is 6.77. The monoisotopic (exact) mass is 427 g/mol. The largest absolute Gasteiger partial charge is 0.483 e. The molecule has 3 rings (SSSR count). The molecule has 0 bridgehead atoms. The first kappa shape index (κ1) is 23.0. The fraction of sp³-hybridized carbons (Fsp3) is 0.611. The Bertz CT molecular complexity index is 877. The van der Waals surface area contributed by atoms with Gasteiger partial charge in [0.25, 0.3) is 6.47 Å². The van der Waals surface area contributed by atoms with Crippen molar-refractivity contribution in [3.8, 4) is 11.5 Å². The SMILES string of the molecule is CCCCc1ncc(-c2nccn2[C@@H]2COC[C@@H]2CS(=O)(=O)N(C)C)[nH]1.O=CO. The molecule has 0 amide bonds. The topological polar surface area (TPSA) is 130 Å². The van der Waals surface area contributed by atoms with Crippen molar-refractivity contribution in [1.82, 2.24) is 23.8 Å². The fourth-order valence-electron chi connectivity index (χ4n) is 3.21. The number of aromatic nitrogens is 4. The van der Waals surface area contributed by atoms with Crippen LogP contribution >= 0.6 is 0 Å². The zero-order valence-electron chi connectivity index (χ0n) is 17.0. The molecule has 0 unspecified atom stereocenters. The Kier molecular flexibility index (Phi) is 8.35. The molecule has 0 aliphatic carbocycles. The summed E-state index contributed by atoms with van der Waals surface area (Å²) >= 11 is 0. The van der Waals surface area contributed by atoms with Gasteiger partial charge in [0.15, 0.2) is 5.82 Å². The zero-order valence-corrected chi connectivity index (χ0v) is 17.8. The number of imidazole rings is 2. The Morgan fingerprint density at radius 1 is 1.38 bits per heavy atom. The van der Waals surface area contributed by atoms with E-state index in [2.05, 4.69) is 21.9 Å². The van der Waals surface area contributed by atoms with Gasteiger partial charge in [0.1, 0.15) is 11.5 Å². The summed E-state index contributed by atoms with van der Waals surface area (Å²) in [5, 5.41) is 6.89. The van der Waals surface area contributed by atoms with Crippen molar-refractivity contribution >= 4 is 16.5 Å². The summed E-state index contributed by atoms with van der Waals surface area (Å²) in [5.41, 5.74) is 0.849. The lowest BCUT2D eigenvalue weighted by molar-refractivity contribution is -0.122. The smallest absolute Gasteiger partial charge is 0.290 e. The number of unbranched alkanes of at least 4 members (excludes halogenated alkanes) is 1. The maximum Gasteiger partial charge on any atom is 0.290 e. The molecule has 1 aliphatic rings. The average Bonchev–Trinajstić information content (AvgIpc) is 3.40. The summed E-state index contributed by atoms with van der Waals surface area (Å²) in [7, 11) is -0.168. The van der Waals surface area contributed by atoms with Crippen LogP contribution in [0.4, 0.5) is 0 Å². The van der Waals surface area contributed by atoms with Gasteiger partial charge in [-0.1, -0.05) is 13.3 Å². The van der Waals surface area contributed by atoms with Crippen LogP contribution in [0.25, 0.3) is 11.5 Å². The van der Waals surface area contributed by atoms with E-state index in [4.69, 9.17) is 14.6 Å².